The summed E-state index contributed by atoms with van der Waals surface area (Å²) in [6.07, 6.45) is 0. The molecule has 5 rings (SSSR count). The number of hydrogen-bond donors (Lipinski definition) is 1. The molecule has 0 amide bonds. The van der Waals surface area contributed by atoms with Crippen molar-refractivity contribution < 1.29 is 0 Å². The van der Waals surface area contributed by atoms with Gasteiger partial charge in [-0.05, 0) is 41.5 Å². The summed E-state index contributed by atoms with van der Waals surface area (Å²) in [6.45, 7) is 4.69. The van der Waals surface area contributed by atoms with Gasteiger partial charge in [-0.2, -0.15) is 0 Å². The van der Waals surface area contributed by atoms with E-state index in [4.69, 9.17) is 0 Å². The zero-order valence-electron chi connectivity index (χ0n) is 14.3. The molecule has 3 aromatic carbocycles. The molecule has 0 saturated heterocycles. The molecule has 1 heterocycles. The Morgan fingerprint density at radius 2 is 1.56 bits per heavy atom. The second-order valence-corrected chi connectivity index (χ2v) is 8.23. The molecule has 0 saturated carbocycles. The number of para-hydroxylation sites is 1. The fraction of sp³-hybridized carbons (Fsp3) is 0.130. The van der Waals surface area contributed by atoms with E-state index < -0.39 is 0 Å². The second kappa shape index (κ2) is 5.21. The molecule has 0 unspecified atom stereocenters. The van der Waals surface area contributed by atoms with Gasteiger partial charge in [0, 0.05) is 37.3 Å². The number of hydrogen-bond acceptors (Lipinski definition) is 2. The van der Waals surface area contributed by atoms with Crippen LogP contribution in [-0.2, 0) is 5.41 Å². The summed E-state index contributed by atoms with van der Waals surface area (Å²) in [5, 5.41) is 4.92. The molecular formula is C23H19NS. The van der Waals surface area contributed by atoms with Crippen molar-refractivity contribution in [3.8, 4) is 11.1 Å². The zero-order chi connectivity index (χ0) is 17.0. The van der Waals surface area contributed by atoms with Crippen molar-refractivity contribution in [2.24, 2.45) is 0 Å². The Kier molecular flexibility index (Phi) is 3.07. The lowest BCUT2D eigenvalue weighted by molar-refractivity contribution is 0.674. The Morgan fingerprint density at radius 3 is 2.40 bits per heavy atom. The first-order valence-corrected chi connectivity index (χ1v) is 9.45. The molecule has 0 spiro atoms. The first kappa shape index (κ1) is 14.7. The second-order valence-electron chi connectivity index (χ2n) is 7.18. The minimum Gasteiger partial charge on any atom is -0.356 e. The summed E-state index contributed by atoms with van der Waals surface area (Å²) in [7, 11) is 0. The van der Waals surface area contributed by atoms with Crippen molar-refractivity contribution >= 4 is 32.8 Å². The fourth-order valence-electron chi connectivity index (χ4n) is 3.92. The molecule has 1 N–H and O–H groups in total. The molecule has 1 aliphatic carbocycles. The Balaban J connectivity index is 1.66. The van der Waals surface area contributed by atoms with Crippen molar-refractivity contribution in [2.75, 3.05) is 5.32 Å². The lowest BCUT2D eigenvalue weighted by Crippen LogP contribution is -2.13. The Morgan fingerprint density at radius 1 is 0.800 bits per heavy atom. The first-order valence-electron chi connectivity index (χ1n) is 8.63. The highest BCUT2D eigenvalue weighted by molar-refractivity contribution is 7.20. The van der Waals surface area contributed by atoms with Gasteiger partial charge in [-0.1, -0.05) is 56.3 Å². The third-order valence-corrected chi connectivity index (χ3v) is 6.68. The van der Waals surface area contributed by atoms with E-state index in [0.29, 0.717) is 0 Å². The van der Waals surface area contributed by atoms with Gasteiger partial charge in [0.15, 0.2) is 0 Å². The minimum atomic E-state index is 0.0444. The van der Waals surface area contributed by atoms with E-state index in [9.17, 15) is 0 Å². The van der Waals surface area contributed by atoms with Gasteiger partial charge >= 0.3 is 0 Å². The van der Waals surface area contributed by atoms with Crippen LogP contribution in [0.15, 0.2) is 72.8 Å². The average molecular weight is 341 g/mol. The van der Waals surface area contributed by atoms with E-state index in [2.05, 4.69) is 85.9 Å². The maximum Gasteiger partial charge on any atom is 0.0387 e. The van der Waals surface area contributed by atoms with Crippen LogP contribution in [0.5, 0.6) is 0 Å². The minimum absolute atomic E-state index is 0.0444. The molecule has 1 aromatic heterocycles. The smallest absolute Gasteiger partial charge is 0.0387 e. The summed E-state index contributed by atoms with van der Waals surface area (Å²) in [5.41, 5.74) is 6.56. The molecule has 0 atom stereocenters. The summed E-state index contributed by atoms with van der Waals surface area (Å²) >= 11 is 1.94. The highest BCUT2D eigenvalue weighted by atomic mass is 32.1. The van der Waals surface area contributed by atoms with Crippen molar-refractivity contribution in [3.63, 3.8) is 0 Å². The van der Waals surface area contributed by atoms with Gasteiger partial charge in [0.2, 0.25) is 0 Å². The van der Waals surface area contributed by atoms with Crippen LogP contribution in [0.1, 0.15) is 24.3 Å². The zero-order valence-corrected chi connectivity index (χ0v) is 15.2. The predicted octanol–water partition coefficient (Wildman–Crippen LogP) is 6.95. The summed E-state index contributed by atoms with van der Waals surface area (Å²) in [6, 6.07) is 25.9. The maximum absolute atomic E-state index is 3.53. The molecule has 1 nitrogen and oxygen atoms in total. The van der Waals surface area contributed by atoms with E-state index >= 15 is 0 Å². The van der Waals surface area contributed by atoms with Crippen LogP contribution < -0.4 is 5.32 Å². The van der Waals surface area contributed by atoms with E-state index in [1.807, 2.05) is 17.4 Å². The topological polar surface area (TPSA) is 12.0 Å². The number of anilines is 2. The number of fused-ring (bicyclic) bond motifs is 5. The average Bonchev–Trinajstić information content (AvgIpc) is 3.11. The summed E-state index contributed by atoms with van der Waals surface area (Å²) in [4.78, 5) is 1.49. The third kappa shape index (κ3) is 2.14. The van der Waals surface area contributed by atoms with Gasteiger partial charge in [-0.3, -0.25) is 0 Å². The molecule has 25 heavy (non-hydrogen) atoms. The van der Waals surface area contributed by atoms with E-state index in [0.717, 1.165) is 11.4 Å². The van der Waals surface area contributed by atoms with Gasteiger partial charge in [-0.25, -0.2) is 0 Å². The standard InChI is InChI=1S/C23H19NS/c1-23(2)19-14-16(24-15-8-4-3-5-9-15)12-13-17(19)21-18-10-6-7-11-20(18)25-22(21)23/h3-14,24H,1-2H3. The van der Waals surface area contributed by atoms with Gasteiger partial charge in [0.1, 0.15) is 0 Å². The molecule has 4 aromatic rings. The normalized spacial score (nSPS) is 14.3. The predicted molar refractivity (Wildman–Crippen MR) is 109 cm³/mol. The number of nitrogens with one attached hydrogen (secondary N) is 1. The van der Waals surface area contributed by atoms with Crippen LogP contribution in [0, 0.1) is 0 Å². The molecule has 2 heteroatoms. The van der Waals surface area contributed by atoms with Gasteiger partial charge < -0.3 is 5.32 Å². The van der Waals surface area contributed by atoms with Crippen LogP contribution in [0.25, 0.3) is 21.2 Å². The lowest BCUT2D eigenvalue weighted by atomic mass is 9.86. The van der Waals surface area contributed by atoms with Crippen molar-refractivity contribution in [1.82, 2.24) is 0 Å². The highest BCUT2D eigenvalue weighted by Gasteiger charge is 2.38. The summed E-state index contributed by atoms with van der Waals surface area (Å²) in [5.74, 6) is 0. The Hall–Kier alpha value is -2.58. The molecule has 1 aliphatic rings. The van der Waals surface area contributed by atoms with E-state index in [1.165, 1.54) is 31.7 Å². The first-order chi connectivity index (χ1) is 12.1. The van der Waals surface area contributed by atoms with Crippen molar-refractivity contribution in [3.05, 3.63) is 83.2 Å². The molecule has 0 radical (unpaired) electrons. The van der Waals surface area contributed by atoms with Crippen molar-refractivity contribution in [1.29, 1.82) is 0 Å². The lowest BCUT2D eigenvalue weighted by Gasteiger charge is -2.21. The Labute approximate surface area is 152 Å². The van der Waals surface area contributed by atoms with E-state index in [-0.39, 0.29) is 5.41 Å². The van der Waals surface area contributed by atoms with Crippen LogP contribution in [-0.4, -0.2) is 0 Å². The molecule has 0 aliphatic heterocycles. The largest absolute Gasteiger partial charge is 0.356 e. The number of thiophene rings is 1. The number of rotatable bonds is 2. The summed E-state index contributed by atoms with van der Waals surface area (Å²) < 4.78 is 1.39. The van der Waals surface area contributed by atoms with Crippen LogP contribution >= 0.6 is 11.3 Å². The quantitative estimate of drug-likeness (QED) is 0.416. The van der Waals surface area contributed by atoms with Crippen molar-refractivity contribution in [2.45, 2.75) is 19.3 Å². The van der Waals surface area contributed by atoms with Gasteiger partial charge in [0.05, 0.1) is 0 Å². The van der Waals surface area contributed by atoms with Crippen LogP contribution in [0.4, 0.5) is 11.4 Å². The molecule has 0 bridgehead atoms. The van der Waals surface area contributed by atoms with Gasteiger partial charge in [-0.15, -0.1) is 11.3 Å². The highest BCUT2D eigenvalue weighted by Crippen LogP contribution is 2.55. The maximum atomic E-state index is 3.53. The van der Waals surface area contributed by atoms with Gasteiger partial charge in [0.25, 0.3) is 0 Å². The third-order valence-electron chi connectivity index (χ3n) is 5.19. The monoisotopic (exact) mass is 341 g/mol. The SMILES string of the molecule is CC1(C)c2cc(Nc3ccccc3)ccc2-c2c1sc1ccccc21. The Bertz CT molecular complexity index is 1090. The fourth-order valence-corrected chi connectivity index (χ4v) is 5.25. The van der Waals surface area contributed by atoms with Crippen LogP contribution in [0.3, 0.4) is 0 Å². The van der Waals surface area contributed by atoms with Crippen LogP contribution in [0.2, 0.25) is 0 Å². The molecule has 0 fully saturated rings. The van der Waals surface area contributed by atoms with E-state index in [1.54, 1.807) is 0 Å². The molecule has 122 valence electrons. The number of benzene rings is 3. The molecular weight excluding hydrogens is 322 g/mol.